The molecule has 3 aliphatic rings. The van der Waals surface area contributed by atoms with E-state index in [-0.39, 0.29) is 30.4 Å². The van der Waals surface area contributed by atoms with Gasteiger partial charge in [0.1, 0.15) is 18.6 Å². The number of amides is 2. The molecule has 3 aromatic carbocycles. The Kier molecular flexibility index (Phi) is 13.5. The number of carboxylic acid groups (broad SMARTS) is 2. The Morgan fingerprint density at radius 3 is 2.24 bits per heavy atom. The Bertz CT molecular complexity index is 1900. The molecule has 2 amide bonds. The molecular formula is C40H52N7O7P. The van der Waals surface area contributed by atoms with Gasteiger partial charge in [-0.2, -0.15) is 0 Å². The van der Waals surface area contributed by atoms with Crippen molar-refractivity contribution >= 4 is 37.0 Å². The predicted octanol–water partition coefficient (Wildman–Crippen LogP) is 3.15. The summed E-state index contributed by atoms with van der Waals surface area (Å²) >= 11 is 0. The van der Waals surface area contributed by atoms with Crippen LogP contribution in [0, 0.1) is 5.41 Å². The van der Waals surface area contributed by atoms with Crippen molar-refractivity contribution in [2.24, 2.45) is 11.5 Å². The summed E-state index contributed by atoms with van der Waals surface area (Å²) in [5, 5.41) is 29.2. The molecule has 1 unspecified atom stereocenters. The van der Waals surface area contributed by atoms with Gasteiger partial charge in [0.2, 0.25) is 5.91 Å². The molecule has 0 saturated carbocycles. The highest BCUT2D eigenvalue weighted by molar-refractivity contribution is 7.71. The Morgan fingerprint density at radius 1 is 1.00 bits per heavy atom. The number of carbonyl (C=O) groups is 4. The van der Waals surface area contributed by atoms with E-state index in [2.05, 4.69) is 34.7 Å². The summed E-state index contributed by atoms with van der Waals surface area (Å²) in [4.78, 5) is 52.7. The second kappa shape index (κ2) is 18.1. The molecule has 1 aliphatic carbocycles. The lowest BCUT2D eigenvalue weighted by Gasteiger charge is -2.32. The van der Waals surface area contributed by atoms with Gasteiger partial charge in [0.25, 0.3) is 5.91 Å². The van der Waals surface area contributed by atoms with Gasteiger partial charge in [0, 0.05) is 25.3 Å². The summed E-state index contributed by atoms with van der Waals surface area (Å²) in [5.74, 6) is -2.85. The zero-order valence-electron chi connectivity index (χ0n) is 31.2. The first-order chi connectivity index (χ1) is 26.2. The van der Waals surface area contributed by atoms with Crippen LogP contribution in [0.4, 0.5) is 0 Å². The van der Waals surface area contributed by atoms with Gasteiger partial charge in [-0.1, -0.05) is 78.9 Å². The lowest BCUT2D eigenvalue weighted by atomic mass is 9.98. The normalized spacial score (nSPS) is 21.8. The Balaban J connectivity index is 0.000000418. The minimum absolute atomic E-state index is 0.112. The third kappa shape index (κ3) is 10.2. The monoisotopic (exact) mass is 773 g/mol. The molecule has 55 heavy (non-hydrogen) atoms. The van der Waals surface area contributed by atoms with Crippen molar-refractivity contribution in [3.05, 3.63) is 107 Å². The number of guanidine groups is 1. The van der Waals surface area contributed by atoms with E-state index in [4.69, 9.17) is 22.0 Å². The Labute approximate surface area is 321 Å². The smallest absolute Gasteiger partial charge is 0.326 e. The number of fused-ring (bicyclic) bond motifs is 1. The number of nitrogens with two attached hydrogens (primary N) is 2. The number of likely N-dealkylation sites (tertiary alicyclic amines) is 1. The fourth-order valence-corrected chi connectivity index (χ4v) is 10.1. The highest BCUT2D eigenvalue weighted by Gasteiger charge is 2.67. The number of nitrogens with one attached hydrogen (secondary N) is 3. The molecule has 6 rings (SSSR count). The summed E-state index contributed by atoms with van der Waals surface area (Å²) in [6, 6.07) is 24.4. The lowest BCUT2D eigenvalue weighted by molar-refractivity contribution is -0.150. The van der Waals surface area contributed by atoms with E-state index in [9.17, 15) is 28.8 Å². The number of aryl methyl sites for hydroxylation is 1. The van der Waals surface area contributed by atoms with Gasteiger partial charge < -0.3 is 41.4 Å². The molecule has 0 radical (unpaired) electrons. The van der Waals surface area contributed by atoms with Crippen LogP contribution in [0.25, 0.3) is 0 Å². The molecule has 2 saturated heterocycles. The number of carbonyl (C=O) groups excluding carboxylic acids is 2. The van der Waals surface area contributed by atoms with Crippen LogP contribution in [0.5, 0.6) is 0 Å². The fraction of sp³-hybridized carbons (Fsp3) is 0.425. The van der Waals surface area contributed by atoms with Crippen LogP contribution in [0.15, 0.2) is 78.9 Å². The number of rotatable bonds is 15. The number of hydrogen-bond donors (Lipinski definition) is 7. The Morgan fingerprint density at radius 2 is 1.62 bits per heavy atom. The molecule has 3 aromatic rings. The summed E-state index contributed by atoms with van der Waals surface area (Å²) in [5.41, 5.74) is 16.0. The second-order valence-electron chi connectivity index (χ2n) is 14.6. The van der Waals surface area contributed by atoms with E-state index < -0.39 is 36.6 Å². The average molecular weight is 774 g/mol. The summed E-state index contributed by atoms with van der Waals surface area (Å²) in [7, 11) is -3.09. The van der Waals surface area contributed by atoms with Gasteiger partial charge in [-0.3, -0.25) is 19.8 Å². The maximum Gasteiger partial charge on any atom is 0.326 e. The SMILES string of the molecule is C[C@@]1(C(=O)N(CC(=O)N2CCC[C@H]2C(=O)O)C2Cc3ccccc3C2)NP1(=O)CCc1ccccc1Cc1ccccc1.N=C(N)NCCC[C@H](N)C(=O)O. The molecule has 294 valence electrons. The number of carboxylic acids is 2. The zero-order valence-corrected chi connectivity index (χ0v) is 32.0. The van der Waals surface area contributed by atoms with Crippen LogP contribution in [-0.4, -0.2) is 98.9 Å². The van der Waals surface area contributed by atoms with E-state index in [0.29, 0.717) is 64.2 Å². The third-order valence-corrected chi connectivity index (χ3v) is 13.9. The zero-order chi connectivity index (χ0) is 39.8. The standard InChI is InChI=1S/C34H38N3O5P.C6H14N4O2/c1-34(35-43(34,42)19-17-25-12-5-6-13-26(25)20-24-10-3-2-4-11-24)33(41)37(29-21-27-14-7-8-15-28(27)22-29)23-31(38)36-18-9-16-30(36)32(39)40;7-4(5(11)12)2-1-3-10-6(8)9/h2-8,10-15,29-30H,9,16-23H2,1H3,(H,35,42)(H,39,40);4H,1-3,7H2,(H,11,12)(H4,8,9,10)/t30-,34+,43?;4-/m00/s1. The van der Waals surface area contributed by atoms with Gasteiger partial charge in [-0.05, 0) is 86.1 Å². The molecule has 4 atom stereocenters. The predicted molar refractivity (Wildman–Crippen MR) is 210 cm³/mol. The van der Waals surface area contributed by atoms with Crippen LogP contribution >= 0.6 is 7.29 Å². The number of aliphatic carboxylic acids is 2. The third-order valence-electron chi connectivity index (χ3n) is 10.8. The van der Waals surface area contributed by atoms with Crippen molar-refractivity contribution in [2.75, 3.05) is 25.8 Å². The first-order valence-electron chi connectivity index (χ1n) is 18.7. The van der Waals surface area contributed by atoms with E-state index in [0.717, 1.165) is 23.1 Å². The summed E-state index contributed by atoms with van der Waals surface area (Å²) in [6.07, 6.45) is 4.88. The topological polar surface area (TPSA) is 242 Å². The second-order valence-corrected chi connectivity index (χ2v) is 17.6. The maximum atomic E-state index is 14.3. The van der Waals surface area contributed by atoms with Gasteiger partial charge in [0.15, 0.2) is 18.5 Å². The minimum atomic E-state index is -3.09. The molecule has 2 heterocycles. The van der Waals surface area contributed by atoms with Crippen LogP contribution < -0.4 is 21.9 Å². The lowest BCUT2D eigenvalue weighted by Crippen LogP contribution is -2.53. The van der Waals surface area contributed by atoms with Crippen LogP contribution in [0.1, 0.15) is 60.4 Å². The highest BCUT2D eigenvalue weighted by Crippen LogP contribution is 2.69. The van der Waals surface area contributed by atoms with Crippen molar-refractivity contribution in [1.82, 2.24) is 20.2 Å². The molecule has 0 spiro atoms. The molecule has 15 heteroatoms. The first-order valence-corrected chi connectivity index (χ1v) is 20.6. The molecular weight excluding hydrogens is 721 g/mol. The summed E-state index contributed by atoms with van der Waals surface area (Å²) < 4.78 is 14.2. The number of hydrogen-bond acceptors (Lipinski definition) is 7. The number of nitrogens with zero attached hydrogens (tertiary/aromatic N) is 2. The molecule has 2 aliphatic heterocycles. The van der Waals surface area contributed by atoms with Gasteiger partial charge in [-0.25, -0.2) is 9.88 Å². The quantitative estimate of drug-likeness (QED) is 0.0389. The van der Waals surface area contributed by atoms with Crippen molar-refractivity contribution in [3.63, 3.8) is 0 Å². The van der Waals surface area contributed by atoms with E-state index in [1.54, 1.807) is 11.8 Å². The van der Waals surface area contributed by atoms with Crippen LogP contribution in [0.2, 0.25) is 0 Å². The molecule has 0 aromatic heterocycles. The van der Waals surface area contributed by atoms with E-state index in [1.807, 2.05) is 54.6 Å². The van der Waals surface area contributed by atoms with E-state index in [1.165, 1.54) is 16.0 Å². The molecule has 0 bridgehead atoms. The first kappa shape index (κ1) is 41.1. The highest BCUT2D eigenvalue weighted by atomic mass is 31.2. The van der Waals surface area contributed by atoms with Gasteiger partial charge >= 0.3 is 11.9 Å². The van der Waals surface area contributed by atoms with Crippen LogP contribution in [-0.2, 0) is 49.4 Å². The van der Waals surface area contributed by atoms with Crippen LogP contribution in [0.3, 0.4) is 0 Å². The van der Waals surface area contributed by atoms with Crippen molar-refractivity contribution < 1.29 is 34.0 Å². The Hall–Kier alpha value is -5.04. The van der Waals surface area contributed by atoms with Crippen molar-refractivity contribution in [3.8, 4) is 0 Å². The average Bonchev–Trinajstić information content (AvgIpc) is 3.54. The van der Waals surface area contributed by atoms with Gasteiger partial charge in [-0.15, -0.1) is 0 Å². The maximum absolute atomic E-state index is 14.3. The fourth-order valence-electron chi connectivity index (χ4n) is 7.51. The largest absolute Gasteiger partial charge is 0.480 e. The van der Waals surface area contributed by atoms with E-state index >= 15 is 0 Å². The van der Waals surface area contributed by atoms with Crippen molar-refractivity contribution in [1.29, 1.82) is 5.41 Å². The summed E-state index contributed by atoms with van der Waals surface area (Å²) in [6.45, 7) is 2.31. The molecule has 9 N–H and O–H groups in total. The van der Waals surface area contributed by atoms with Crippen molar-refractivity contribution in [2.45, 2.75) is 81.7 Å². The minimum Gasteiger partial charge on any atom is -0.480 e. The molecule has 2 fully saturated rings. The van der Waals surface area contributed by atoms with Gasteiger partial charge in [0.05, 0.1) is 0 Å². The number of benzene rings is 3. The molecule has 14 nitrogen and oxygen atoms in total.